The first-order chi connectivity index (χ1) is 6.31. The second-order valence-electron chi connectivity index (χ2n) is 2.80. The highest BCUT2D eigenvalue weighted by atomic mass is 35.5. The van der Waals surface area contributed by atoms with Crippen LogP contribution in [0.15, 0.2) is 0 Å². The van der Waals surface area contributed by atoms with Crippen molar-refractivity contribution in [2.24, 2.45) is 0 Å². The molecule has 3 nitrogen and oxygen atoms in total. The fourth-order valence-corrected chi connectivity index (χ4v) is 1.37. The van der Waals surface area contributed by atoms with Gasteiger partial charge in [-0.3, -0.25) is 4.79 Å². The Kier molecular flexibility index (Phi) is 15.4. The molecular weight excluding hydrogens is 220 g/mol. The second kappa shape index (κ2) is 13.1. The molecule has 14 heavy (non-hydrogen) atoms. The smallest absolute Gasteiger partial charge is 0.220 e. The molecule has 5 heteroatoms. The number of carbonyl (C=O) groups is 1. The molecule has 0 rings (SSSR count). The van der Waals surface area contributed by atoms with Crippen LogP contribution in [0.5, 0.6) is 0 Å². The van der Waals surface area contributed by atoms with Crippen molar-refractivity contribution in [2.75, 3.05) is 31.6 Å². The lowest BCUT2D eigenvalue weighted by molar-refractivity contribution is -0.121. The van der Waals surface area contributed by atoms with Crippen LogP contribution in [0.25, 0.3) is 0 Å². The van der Waals surface area contributed by atoms with Crippen molar-refractivity contribution in [3.8, 4) is 0 Å². The molecule has 0 fully saturated rings. The van der Waals surface area contributed by atoms with Gasteiger partial charge < -0.3 is 10.6 Å². The summed E-state index contributed by atoms with van der Waals surface area (Å²) in [6.07, 6.45) is 3.70. The normalized spacial score (nSPS) is 9.29. The van der Waals surface area contributed by atoms with Crippen LogP contribution in [-0.2, 0) is 4.79 Å². The van der Waals surface area contributed by atoms with Crippen molar-refractivity contribution in [3.63, 3.8) is 0 Å². The Morgan fingerprint density at radius 1 is 1.36 bits per heavy atom. The molecule has 86 valence electrons. The summed E-state index contributed by atoms with van der Waals surface area (Å²) in [7, 11) is 0. The monoisotopic (exact) mass is 240 g/mol. The highest BCUT2D eigenvalue weighted by Crippen LogP contribution is 1.98. The van der Waals surface area contributed by atoms with Crippen LogP contribution in [0, 0.1) is 0 Å². The molecule has 0 unspecified atom stereocenters. The molecule has 0 aromatic carbocycles. The van der Waals surface area contributed by atoms with E-state index in [0.717, 1.165) is 31.8 Å². The first-order valence-electron chi connectivity index (χ1n) is 4.77. The third kappa shape index (κ3) is 12.1. The minimum absolute atomic E-state index is 0. The molecule has 0 saturated carbocycles. The van der Waals surface area contributed by atoms with E-state index in [4.69, 9.17) is 0 Å². The van der Waals surface area contributed by atoms with Gasteiger partial charge in [-0.2, -0.15) is 11.8 Å². The number of likely N-dealkylation sites (N-methyl/N-ethyl adjacent to an activating group) is 1. The molecule has 0 aromatic rings. The number of carbonyl (C=O) groups excluding carboxylic acids is 1. The van der Waals surface area contributed by atoms with Gasteiger partial charge in [0.15, 0.2) is 0 Å². The lowest BCUT2D eigenvalue weighted by Crippen LogP contribution is -2.31. The minimum atomic E-state index is 0. The van der Waals surface area contributed by atoms with Crippen molar-refractivity contribution in [1.82, 2.24) is 10.6 Å². The molecule has 0 aromatic heterocycles. The fourth-order valence-electron chi connectivity index (χ4n) is 0.933. The Balaban J connectivity index is 0. The SMILES string of the molecule is CCNCCNC(=O)CCCSC.Cl. The summed E-state index contributed by atoms with van der Waals surface area (Å²) in [5.74, 6) is 1.24. The number of nitrogens with one attached hydrogen (secondary N) is 2. The van der Waals surface area contributed by atoms with Crippen molar-refractivity contribution < 1.29 is 4.79 Å². The van der Waals surface area contributed by atoms with Crippen LogP contribution in [0.3, 0.4) is 0 Å². The van der Waals surface area contributed by atoms with Gasteiger partial charge in [-0.25, -0.2) is 0 Å². The largest absolute Gasteiger partial charge is 0.355 e. The van der Waals surface area contributed by atoms with Gasteiger partial charge >= 0.3 is 0 Å². The van der Waals surface area contributed by atoms with Crippen LogP contribution < -0.4 is 10.6 Å². The van der Waals surface area contributed by atoms with Gasteiger partial charge in [0.1, 0.15) is 0 Å². The van der Waals surface area contributed by atoms with Crippen LogP contribution >= 0.6 is 24.2 Å². The Hall–Kier alpha value is 0.0700. The zero-order chi connectivity index (χ0) is 9.94. The Morgan fingerprint density at radius 3 is 2.64 bits per heavy atom. The van der Waals surface area contributed by atoms with Gasteiger partial charge in [0, 0.05) is 19.5 Å². The molecule has 0 spiro atoms. The van der Waals surface area contributed by atoms with Crippen LogP contribution in [0.4, 0.5) is 0 Å². The Labute approximate surface area is 97.2 Å². The molecule has 0 radical (unpaired) electrons. The van der Waals surface area contributed by atoms with Crippen LogP contribution in [0.2, 0.25) is 0 Å². The zero-order valence-corrected chi connectivity index (χ0v) is 10.6. The quantitative estimate of drug-likeness (QED) is 0.628. The van der Waals surface area contributed by atoms with Crippen molar-refractivity contribution in [2.45, 2.75) is 19.8 Å². The number of rotatable bonds is 8. The molecule has 2 N–H and O–H groups in total. The van der Waals surface area contributed by atoms with Crippen molar-refractivity contribution in [3.05, 3.63) is 0 Å². The summed E-state index contributed by atoms with van der Waals surface area (Å²) in [6, 6.07) is 0. The molecule has 0 aliphatic carbocycles. The predicted octanol–water partition coefficient (Wildman–Crippen LogP) is 1.28. The first kappa shape index (κ1) is 16.5. The van der Waals surface area contributed by atoms with Gasteiger partial charge in [-0.1, -0.05) is 6.92 Å². The topological polar surface area (TPSA) is 41.1 Å². The maximum absolute atomic E-state index is 11.1. The van der Waals surface area contributed by atoms with E-state index >= 15 is 0 Å². The summed E-state index contributed by atoms with van der Waals surface area (Å²) in [6.45, 7) is 4.62. The summed E-state index contributed by atoms with van der Waals surface area (Å²) in [5.41, 5.74) is 0. The second-order valence-corrected chi connectivity index (χ2v) is 3.79. The summed E-state index contributed by atoms with van der Waals surface area (Å²) >= 11 is 1.78. The number of amides is 1. The highest BCUT2D eigenvalue weighted by molar-refractivity contribution is 7.98. The van der Waals surface area contributed by atoms with E-state index in [2.05, 4.69) is 23.8 Å². The first-order valence-corrected chi connectivity index (χ1v) is 6.17. The third-order valence-corrected chi connectivity index (χ3v) is 2.32. The molecule has 0 saturated heterocycles. The lowest BCUT2D eigenvalue weighted by Gasteiger charge is -2.04. The number of hydrogen-bond acceptors (Lipinski definition) is 3. The van der Waals surface area contributed by atoms with E-state index in [0.29, 0.717) is 6.42 Å². The third-order valence-electron chi connectivity index (χ3n) is 1.63. The standard InChI is InChI=1S/C9H20N2OS.ClH/c1-3-10-6-7-11-9(12)5-4-8-13-2;/h10H,3-8H2,1-2H3,(H,11,12);1H. The van der Waals surface area contributed by atoms with Crippen LogP contribution in [0.1, 0.15) is 19.8 Å². The fraction of sp³-hybridized carbons (Fsp3) is 0.889. The van der Waals surface area contributed by atoms with E-state index in [-0.39, 0.29) is 18.3 Å². The molecule has 0 bridgehead atoms. The molecule has 1 amide bonds. The van der Waals surface area contributed by atoms with Gasteiger partial charge in [0.05, 0.1) is 0 Å². The maximum atomic E-state index is 11.1. The molecule has 0 aliphatic heterocycles. The van der Waals surface area contributed by atoms with E-state index in [1.54, 1.807) is 11.8 Å². The predicted molar refractivity (Wildman–Crippen MR) is 66.4 cm³/mol. The van der Waals surface area contributed by atoms with Gasteiger partial charge in [0.2, 0.25) is 5.91 Å². The average Bonchev–Trinajstić information content (AvgIpc) is 2.13. The molecule has 0 heterocycles. The van der Waals surface area contributed by atoms with Gasteiger partial charge in [0.25, 0.3) is 0 Å². The number of halogens is 1. The average molecular weight is 241 g/mol. The summed E-state index contributed by atoms with van der Waals surface area (Å²) in [5, 5.41) is 6.02. The van der Waals surface area contributed by atoms with E-state index < -0.39 is 0 Å². The lowest BCUT2D eigenvalue weighted by atomic mass is 10.3. The zero-order valence-electron chi connectivity index (χ0n) is 8.97. The molecule has 0 atom stereocenters. The van der Waals surface area contributed by atoms with E-state index in [9.17, 15) is 4.79 Å². The van der Waals surface area contributed by atoms with Crippen LogP contribution in [-0.4, -0.2) is 37.6 Å². The highest BCUT2D eigenvalue weighted by Gasteiger charge is 1.98. The Morgan fingerprint density at radius 2 is 2.07 bits per heavy atom. The summed E-state index contributed by atoms with van der Waals surface area (Å²) < 4.78 is 0. The van der Waals surface area contributed by atoms with Gasteiger partial charge in [-0.05, 0) is 25.0 Å². The van der Waals surface area contributed by atoms with E-state index in [1.165, 1.54) is 0 Å². The van der Waals surface area contributed by atoms with Crippen molar-refractivity contribution in [1.29, 1.82) is 0 Å². The summed E-state index contributed by atoms with van der Waals surface area (Å²) in [4.78, 5) is 11.1. The Bertz CT molecular complexity index is 136. The minimum Gasteiger partial charge on any atom is -0.355 e. The molecular formula is C9H21ClN2OS. The number of hydrogen-bond donors (Lipinski definition) is 2. The van der Waals surface area contributed by atoms with Gasteiger partial charge in [-0.15, -0.1) is 12.4 Å². The van der Waals surface area contributed by atoms with E-state index in [1.807, 2.05) is 0 Å². The maximum Gasteiger partial charge on any atom is 0.220 e. The molecule has 0 aliphatic rings. The van der Waals surface area contributed by atoms with Crippen molar-refractivity contribution >= 4 is 30.1 Å². The number of thioether (sulfide) groups is 1.